The average molecular weight is 250 g/mol. The van der Waals surface area contributed by atoms with E-state index >= 15 is 0 Å². The maximum Gasteiger partial charge on any atom is 0.122 e. The predicted molar refractivity (Wildman–Crippen MR) is 74.0 cm³/mol. The van der Waals surface area contributed by atoms with Crippen molar-refractivity contribution in [3.8, 4) is 5.75 Å². The van der Waals surface area contributed by atoms with E-state index < -0.39 is 0 Å². The van der Waals surface area contributed by atoms with E-state index in [1.165, 1.54) is 12.8 Å². The smallest absolute Gasteiger partial charge is 0.122 e. The van der Waals surface area contributed by atoms with E-state index in [0.29, 0.717) is 5.92 Å². The fourth-order valence-corrected chi connectivity index (χ4v) is 2.62. The first-order valence-corrected chi connectivity index (χ1v) is 6.53. The van der Waals surface area contributed by atoms with Crippen LogP contribution >= 0.6 is 0 Å². The Hall–Kier alpha value is -1.42. The summed E-state index contributed by atoms with van der Waals surface area (Å²) in [5, 5.41) is 9.04. The second-order valence-electron chi connectivity index (χ2n) is 4.93. The van der Waals surface area contributed by atoms with Crippen molar-refractivity contribution < 1.29 is 9.84 Å². The standard InChI is InChI=1S/C14H22N2O2/c1-18-14-8-12(15)7-13(9-14)16-5-2-3-11(10-16)4-6-17/h7-9,11,17H,2-6,10,15H2,1H3. The molecule has 18 heavy (non-hydrogen) atoms. The number of piperidine rings is 1. The third kappa shape index (κ3) is 3.07. The predicted octanol–water partition coefficient (Wildman–Crippen LogP) is 1.88. The lowest BCUT2D eigenvalue weighted by Crippen LogP contribution is -2.35. The normalized spacial score (nSPS) is 19.9. The van der Waals surface area contributed by atoms with Gasteiger partial charge in [-0.3, -0.25) is 0 Å². The first-order valence-electron chi connectivity index (χ1n) is 6.53. The molecule has 1 saturated heterocycles. The molecule has 0 radical (unpaired) electrons. The van der Waals surface area contributed by atoms with Gasteiger partial charge in [-0.2, -0.15) is 0 Å². The maximum atomic E-state index is 9.04. The molecule has 0 amide bonds. The average Bonchev–Trinajstić information content (AvgIpc) is 2.39. The zero-order chi connectivity index (χ0) is 13.0. The van der Waals surface area contributed by atoms with E-state index in [0.717, 1.165) is 36.6 Å². The van der Waals surface area contributed by atoms with Crippen molar-refractivity contribution >= 4 is 11.4 Å². The molecule has 2 rings (SSSR count). The molecule has 1 heterocycles. The Balaban J connectivity index is 2.12. The zero-order valence-electron chi connectivity index (χ0n) is 10.9. The number of anilines is 2. The van der Waals surface area contributed by atoms with Crippen LogP contribution in [0.15, 0.2) is 18.2 Å². The summed E-state index contributed by atoms with van der Waals surface area (Å²) in [4.78, 5) is 2.34. The van der Waals surface area contributed by atoms with E-state index in [-0.39, 0.29) is 6.61 Å². The highest BCUT2D eigenvalue weighted by Gasteiger charge is 2.20. The number of nitrogens with zero attached hydrogens (tertiary/aromatic N) is 1. The van der Waals surface area contributed by atoms with E-state index in [2.05, 4.69) is 4.90 Å². The number of nitrogens with two attached hydrogens (primary N) is 1. The molecular formula is C14H22N2O2. The van der Waals surface area contributed by atoms with E-state index in [1.54, 1.807) is 7.11 Å². The Morgan fingerprint density at radius 1 is 1.44 bits per heavy atom. The Morgan fingerprint density at radius 2 is 2.28 bits per heavy atom. The van der Waals surface area contributed by atoms with Gasteiger partial charge in [-0.1, -0.05) is 0 Å². The lowest BCUT2D eigenvalue weighted by atomic mass is 9.95. The van der Waals surface area contributed by atoms with Crippen molar-refractivity contribution in [2.45, 2.75) is 19.3 Å². The van der Waals surface area contributed by atoms with Crippen molar-refractivity contribution in [2.75, 3.05) is 37.4 Å². The van der Waals surface area contributed by atoms with Crippen LogP contribution in [-0.4, -0.2) is 31.9 Å². The Bertz CT molecular complexity index is 393. The molecule has 4 nitrogen and oxygen atoms in total. The highest BCUT2D eigenvalue weighted by Crippen LogP contribution is 2.29. The van der Waals surface area contributed by atoms with Crippen molar-refractivity contribution in [3.05, 3.63) is 18.2 Å². The zero-order valence-corrected chi connectivity index (χ0v) is 10.9. The summed E-state index contributed by atoms with van der Waals surface area (Å²) in [5.41, 5.74) is 7.74. The highest BCUT2D eigenvalue weighted by atomic mass is 16.5. The number of hydrogen-bond donors (Lipinski definition) is 2. The number of ether oxygens (including phenoxy) is 1. The summed E-state index contributed by atoms with van der Waals surface area (Å²) in [6.07, 6.45) is 3.26. The molecular weight excluding hydrogens is 228 g/mol. The Labute approximate surface area is 108 Å². The molecule has 1 fully saturated rings. The number of hydrogen-bond acceptors (Lipinski definition) is 4. The second kappa shape index (κ2) is 5.96. The molecule has 0 aliphatic carbocycles. The van der Waals surface area contributed by atoms with Crippen LogP contribution < -0.4 is 15.4 Å². The fraction of sp³-hybridized carbons (Fsp3) is 0.571. The molecule has 1 aliphatic rings. The van der Waals surface area contributed by atoms with Crippen LogP contribution in [0.4, 0.5) is 11.4 Å². The van der Waals surface area contributed by atoms with E-state index in [4.69, 9.17) is 15.6 Å². The second-order valence-corrected chi connectivity index (χ2v) is 4.93. The van der Waals surface area contributed by atoms with Crippen LogP contribution in [0.25, 0.3) is 0 Å². The van der Waals surface area contributed by atoms with Crippen LogP contribution in [0, 0.1) is 5.92 Å². The molecule has 100 valence electrons. The van der Waals surface area contributed by atoms with Gasteiger partial charge in [0.25, 0.3) is 0 Å². The van der Waals surface area contributed by atoms with E-state index in [9.17, 15) is 0 Å². The molecule has 1 aromatic carbocycles. The summed E-state index contributed by atoms with van der Waals surface area (Å²) >= 11 is 0. The van der Waals surface area contributed by atoms with Gasteiger partial charge >= 0.3 is 0 Å². The summed E-state index contributed by atoms with van der Waals surface area (Å²) in [5.74, 6) is 1.38. The topological polar surface area (TPSA) is 58.7 Å². The van der Waals surface area contributed by atoms with Crippen LogP contribution in [0.2, 0.25) is 0 Å². The van der Waals surface area contributed by atoms with Gasteiger partial charge in [-0.05, 0) is 31.2 Å². The molecule has 1 atom stereocenters. The van der Waals surface area contributed by atoms with Crippen LogP contribution in [0.3, 0.4) is 0 Å². The first-order chi connectivity index (χ1) is 8.72. The number of methoxy groups -OCH3 is 1. The third-order valence-electron chi connectivity index (χ3n) is 3.57. The molecule has 0 bridgehead atoms. The number of aliphatic hydroxyl groups excluding tert-OH is 1. The molecule has 0 saturated carbocycles. The van der Waals surface area contributed by atoms with Crippen LogP contribution in [-0.2, 0) is 0 Å². The largest absolute Gasteiger partial charge is 0.497 e. The minimum Gasteiger partial charge on any atom is -0.497 e. The minimum absolute atomic E-state index is 0.277. The first kappa shape index (κ1) is 13.0. The molecule has 1 aromatic rings. The van der Waals surface area contributed by atoms with Gasteiger partial charge in [0.1, 0.15) is 5.75 Å². The number of rotatable bonds is 4. The summed E-state index contributed by atoms with van der Waals surface area (Å²) < 4.78 is 5.25. The van der Waals surface area contributed by atoms with Crippen molar-refractivity contribution in [1.82, 2.24) is 0 Å². The summed E-state index contributed by atoms with van der Waals surface area (Å²) in [7, 11) is 1.66. The van der Waals surface area contributed by atoms with Gasteiger partial charge < -0.3 is 20.5 Å². The van der Waals surface area contributed by atoms with Crippen molar-refractivity contribution in [3.63, 3.8) is 0 Å². The molecule has 1 aliphatic heterocycles. The molecule has 0 aromatic heterocycles. The quantitative estimate of drug-likeness (QED) is 0.801. The number of benzene rings is 1. The summed E-state index contributed by atoms with van der Waals surface area (Å²) in [6.45, 7) is 2.32. The van der Waals surface area contributed by atoms with Gasteiger partial charge in [0.05, 0.1) is 7.11 Å². The number of aliphatic hydroxyl groups is 1. The molecule has 4 heteroatoms. The lowest BCUT2D eigenvalue weighted by molar-refractivity contribution is 0.244. The van der Waals surface area contributed by atoms with E-state index in [1.807, 2.05) is 18.2 Å². The Kier molecular flexibility index (Phi) is 4.31. The summed E-state index contributed by atoms with van der Waals surface area (Å²) in [6, 6.07) is 5.85. The monoisotopic (exact) mass is 250 g/mol. The van der Waals surface area contributed by atoms with Gasteiger partial charge in [0.2, 0.25) is 0 Å². The van der Waals surface area contributed by atoms with Crippen molar-refractivity contribution in [1.29, 1.82) is 0 Å². The van der Waals surface area contributed by atoms with Gasteiger partial charge in [-0.15, -0.1) is 0 Å². The highest BCUT2D eigenvalue weighted by molar-refractivity contribution is 5.60. The molecule has 3 N–H and O–H groups in total. The SMILES string of the molecule is COc1cc(N)cc(N2CCCC(CCO)C2)c1. The minimum atomic E-state index is 0.277. The van der Waals surface area contributed by atoms with Crippen molar-refractivity contribution in [2.24, 2.45) is 5.92 Å². The lowest BCUT2D eigenvalue weighted by Gasteiger charge is -2.34. The fourth-order valence-electron chi connectivity index (χ4n) is 2.62. The van der Waals surface area contributed by atoms with Crippen LogP contribution in [0.1, 0.15) is 19.3 Å². The molecule has 1 unspecified atom stereocenters. The molecule has 0 spiro atoms. The number of nitrogen functional groups attached to an aromatic ring is 1. The van der Waals surface area contributed by atoms with Gasteiger partial charge in [-0.25, -0.2) is 0 Å². The van der Waals surface area contributed by atoms with Crippen LogP contribution in [0.5, 0.6) is 5.75 Å². The third-order valence-corrected chi connectivity index (χ3v) is 3.57. The van der Waals surface area contributed by atoms with Gasteiger partial charge in [0.15, 0.2) is 0 Å². The Morgan fingerprint density at radius 3 is 3.00 bits per heavy atom. The van der Waals surface area contributed by atoms with Gasteiger partial charge in [0, 0.05) is 43.2 Å². The maximum absolute atomic E-state index is 9.04.